The molecule has 0 atom stereocenters. The van der Waals surface area contributed by atoms with Crippen LogP contribution in [0.3, 0.4) is 0 Å². The Kier molecular flexibility index (Phi) is 10.9. The minimum atomic E-state index is -0.610. The summed E-state index contributed by atoms with van der Waals surface area (Å²) < 4.78 is 8.36. The summed E-state index contributed by atoms with van der Waals surface area (Å²) in [6.45, 7) is 1.66. The average Bonchev–Trinajstić information content (AvgIpc) is 3.46. The Bertz CT molecular complexity index is 1310. The number of hydrogen-bond donors (Lipinski definition) is 4. The molecular weight excluding hydrogens is 514 g/mol. The predicted molar refractivity (Wildman–Crippen MR) is 152 cm³/mol. The molecule has 12 heteroatoms. The molecule has 0 saturated heterocycles. The number of benzene rings is 1. The van der Waals surface area contributed by atoms with Gasteiger partial charge in [0.15, 0.2) is 0 Å². The van der Waals surface area contributed by atoms with E-state index in [-0.39, 0.29) is 31.4 Å². The molecule has 0 unspecified atom stereocenters. The van der Waals surface area contributed by atoms with Gasteiger partial charge in [-0.15, -0.1) is 0 Å². The van der Waals surface area contributed by atoms with Crippen molar-refractivity contribution in [2.24, 2.45) is 14.1 Å². The van der Waals surface area contributed by atoms with Crippen molar-refractivity contribution in [3.8, 4) is 0 Å². The lowest BCUT2D eigenvalue weighted by atomic mass is 10.2. The molecule has 3 rings (SSSR count). The topological polar surface area (TPSA) is 139 Å². The van der Waals surface area contributed by atoms with Crippen LogP contribution in [-0.2, 0) is 30.2 Å². The minimum Gasteiger partial charge on any atom is -0.445 e. The average molecular weight is 552 g/mol. The third-order valence-electron chi connectivity index (χ3n) is 5.92. The van der Waals surface area contributed by atoms with Crippen LogP contribution < -0.4 is 21.3 Å². The molecule has 0 radical (unpaired) electrons. The van der Waals surface area contributed by atoms with E-state index in [9.17, 15) is 19.2 Å². The molecule has 2 aromatic heterocycles. The van der Waals surface area contributed by atoms with Gasteiger partial charge >= 0.3 is 6.09 Å². The van der Waals surface area contributed by atoms with Gasteiger partial charge in [0.25, 0.3) is 11.8 Å². The second kappa shape index (κ2) is 14.5. The first-order valence-electron chi connectivity index (χ1n) is 12.9. The summed E-state index contributed by atoms with van der Waals surface area (Å²) in [5, 5.41) is 10.9. The molecule has 1 aromatic carbocycles. The number of alkyl carbamates (subject to hydrolysis) is 1. The third-order valence-corrected chi connectivity index (χ3v) is 5.92. The quantitative estimate of drug-likeness (QED) is 0.241. The predicted octanol–water partition coefficient (Wildman–Crippen LogP) is 2.55. The van der Waals surface area contributed by atoms with E-state index in [2.05, 4.69) is 21.3 Å². The highest BCUT2D eigenvalue weighted by atomic mass is 16.5. The first kappa shape index (κ1) is 30.0. The molecule has 214 valence electrons. The van der Waals surface area contributed by atoms with Crippen molar-refractivity contribution in [3.05, 3.63) is 71.8 Å². The summed E-state index contributed by atoms with van der Waals surface area (Å²) in [5.74, 6) is -0.941. The molecule has 0 aliphatic rings. The monoisotopic (exact) mass is 551 g/mol. The van der Waals surface area contributed by atoms with Crippen molar-refractivity contribution in [2.75, 3.05) is 44.4 Å². The summed E-state index contributed by atoms with van der Waals surface area (Å²) in [7, 11) is 7.37. The highest BCUT2D eigenvalue weighted by Gasteiger charge is 2.17. The molecule has 0 spiro atoms. The minimum absolute atomic E-state index is 0.0286. The van der Waals surface area contributed by atoms with Gasteiger partial charge < -0.3 is 40.0 Å². The molecule has 4 amide bonds. The van der Waals surface area contributed by atoms with Gasteiger partial charge in [-0.25, -0.2) is 4.79 Å². The second-order valence-electron chi connectivity index (χ2n) is 9.60. The lowest BCUT2D eigenvalue weighted by Crippen LogP contribution is -2.28. The molecule has 0 aliphatic heterocycles. The van der Waals surface area contributed by atoms with Gasteiger partial charge in [0, 0.05) is 46.0 Å². The molecule has 4 N–H and O–H groups in total. The van der Waals surface area contributed by atoms with Gasteiger partial charge in [0.1, 0.15) is 18.0 Å². The van der Waals surface area contributed by atoms with Crippen molar-refractivity contribution in [2.45, 2.75) is 19.4 Å². The first-order chi connectivity index (χ1) is 19.1. The Morgan fingerprint density at radius 3 is 2.10 bits per heavy atom. The Morgan fingerprint density at radius 2 is 1.45 bits per heavy atom. The summed E-state index contributed by atoms with van der Waals surface area (Å²) in [6, 6.07) is 12.4. The van der Waals surface area contributed by atoms with Crippen LogP contribution in [0.2, 0.25) is 0 Å². The number of hydrogen-bond acceptors (Lipinski definition) is 6. The lowest BCUT2D eigenvalue weighted by Gasteiger charge is -2.10. The van der Waals surface area contributed by atoms with Gasteiger partial charge in [-0.2, -0.15) is 0 Å². The number of aromatic nitrogens is 2. The standard InChI is InChI=1S/C28H37N7O5/c1-33(2)14-8-12-29-26(37)23-16-22(18-34(23)3)32-27(38)24-15-21(17-35(24)4)31-25(36)11-13-30-28(39)40-19-20-9-6-5-7-10-20/h5-7,9-10,15-18H,8,11-14,19H2,1-4H3,(H,29,37)(H,30,39)(H,31,36)(H,32,38). The highest BCUT2D eigenvalue weighted by Crippen LogP contribution is 2.17. The number of amides is 4. The Balaban J connectivity index is 1.44. The molecule has 0 bridgehead atoms. The van der Waals surface area contributed by atoms with Crippen LogP contribution in [0.5, 0.6) is 0 Å². The number of ether oxygens (including phenoxy) is 1. The first-order valence-corrected chi connectivity index (χ1v) is 12.9. The van der Waals surface area contributed by atoms with Crippen LogP contribution in [0.4, 0.5) is 16.2 Å². The van der Waals surface area contributed by atoms with Gasteiger partial charge in [0.2, 0.25) is 5.91 Å². The van der Waals surface area contributed by atoms with E-state index in [1.807, 2.05) is 49.3 Å². The van der Waals surface area contributed by atoms with E-state index in [4.69, 9.17) is 4.74 Å². The van der Waals surface area contributed by atoms with Crippen molar-refractivity contribution >= 4 is 35.2 Å². The largest absolute Gasteiger partial charge is 0.445 e. The van der Waals surface area contributed by atoms with Gasteiger partial charge in [-0.05, 0) is 44.8 Å². The highest BCUT2D eigenvalue weighted by molar-refractivity contribution is 6.05. The van der Waals surface area contributed by atoms with Crippen LogP contribution in [0.25, 0.3) is 0 Å². The molecule has 3 aromatic rings. The zero-order valence-electron chi connectivity index (χ0n) is 23.3. The number of carbonyl (C=O) groups excluding carboxylic acids is 4. The molecular formula is C28H37N7O5. The number of rotatable bonds is 13. The number of carbonyl (C=O) groups is 4. The molecule has 12 nitrogen and oxygen atoms in total. The zero-order chi connectivity index (χ0) is 29.1. The lowest BCUT2D eigenvalue weighted by molar-refractivity contribution is -0.116. The van der Waals surface area contributed by atoms with Crippen LogP contribution in [-0.4, -0.2) is 71.6 Å². The molecule has 0 saturated carbocycles. The third kappa shape index (κ3) is 9.31. The van der Waals surface area contributed by atoms with Crippen molar-refractivity contribution in [1.29, 1.82) is 0 Å². The van der Waals surface area contributed by atoms with E-state index in [0.717, 1.165) is 18.5 Å². The fourth-order valence-corrected chi connectivity index (χ4v) is 3.88. The van der Waals surface area contributed by atoms with E-state index >= 15 is 0 Å². The molecule has 2 heterocycles. The maximum absolute atomic E-state index is 12.9. The normalized spacial score (nSPS) is 10.7. The van der Waals surface area contributed by atoms with E-state index in [1.165, 1.54) is 0 Å². The maximum Gasteiger partial charge on any atom is 0.407 e. The summed E-state index contributed by atoms with van der Waals surface area (Å²) in [5.41, 5.74) is 2.52. The van der Waals surface area contributed by atoms with Gasteiger partial charge in [-0.3, -0.25) is 14.4 Å². The van der Waals surface area contributed by atoms with E-state index in [1.54, 1.807) is 47.8 Å². The summed E-state index contributed by atoms with van der Waals surface area (Å²) in [4.78, 5) is 51.6. The maximum atomic E-state index is 12.9. The smallest absolute Gasteiger partial charge is 0.407 e. The number of nitrogens with zero attached hydrogens (tertiary/aromatic N) is 3. The van der Waals surface area contributed by atoms with Crippen molar-refractivity contribution in [1.82, 2.24) is 24.7 Å². The van der Waals surface area contributed by atoms with E-state index in [0.29, 0.717) is 29.3 Å². The number of anilines is 2. The second-order valence-corrected chi connectivity index (χ2v) is 9.60. The number of nitrogens with one attached hydrogen (secondary N) is 4. The summed E-state index contributed by atoms with van der Waals surface area (Å²) in [6.07, 6.45) is 3.53. The molecule has 40 heavy (non-hydrogen) atoms. The van der Waals surface area contributed by atoms with E-state index < -0.39 is 12.0 Å². The van der Waals surface area contributed by atoms with Crippen molar-refractivity contribution < 1.29 is 23.9 Å². The van der Waals surface area contributed by atoms with Crippen LogP contribution in [0.15, 0.2) is 54.9 Å². The van der Waals surface area contributed by atoms with Crippen LogP contribution in [0.1, 0.15) is 39.4 Å². The Hall–Kier alpha value is -4.58. The summed E-state index contributed by atoms with van der Waals surface area (Å²) >= 11 is 0. The SMILES string of the molecule is CN(C)CCCNC(=O)c1cc(NC(=O)c2cc(NC(=O)CCNC(=O)OCc3ccccc3)cn2C)cn1C. The van der Waals surface area contributed by atoms with Crippen LogP contribution >= 0.6 is 0 Å². The Morgan fingerprint density at radius 1 is 0.825 bits per heavy atom. The van der Waals surface area contributed by atoms with Crippen LogP contribution in [0, 0.1) is 0 Å². The molecule has 0 fully saturated rings. The van der Waals surface area contributed by atoms with Gasteiger partial charge in [0.05, 0.1) is 11.4 Å². The molecule has 0 aliphatic carbocycles. The number of aryl methyl sites for hydroxylation is 2. The zero-order valence-corrected chi connectivity index (χ0v) is 23.3. The fraction of sp³-hybridized carbons (Fsp3) is 0.357. The van der Waals surface area contributed by atoms with Gasteiger partial charge in [-0.1, -0.05) is 30.3 Å². The fourth-order valence-electron chi connectivity index (χ4n) is 3.88. The van der Waals surface area contributed by atoms with Crippen molar-refractivity contribution in [3.63, 3.8) is 0 Å². The Labute approximate surface area is 233 Å².